The fourth-order valence-corrected chi connectivity index (χ4v) is 8.46. The predicted octanol–water partition coefficient (Wildman–Crippen LogP) is 5.67. The van der Waals surface area contributed by atoms with E-state index in [4.69, 9.17) is 4.37 Å². The van der Waals surface area contributed by atoms with Crippen LogP contribution in [0.4, 0.5) is 5.82 Å². The molecule has 2 saturated carbocycles. The third-order valence-electron chi connectivity index (χ3n) is 9.57. The van der Waals surface area contributed by atoms with Crippen molar-refractivity contribution < 1.29 is 10.2 Å². The zero-order valence-electron chi connectivity index (χ0n) is 20.9. The number of anilines is 1. The number of nitrogens with zero attached hydrogens (tertiary/aromatic N) is 4. The summed E-state index contributed by atoms with van der Waals surface area (Å²) in [4.78, 5) is 5.08. The van der Waals surface area contributed by atoms with Crippen LogP contribution in [0.15, 0.2) is 36.4 Å². The number of piperazine rings is 1. The van der Waals surface area contributed by atoms with Crippen LogP contribution in [0.5, 0.6) is 11.8 Å². The lowest BCUT2D eigenvalue weighted by Crippen LogP contribution is -2.49. The van der Waals surface area contributed by atoms with Crippen molar-refractivity contribution in [1.82, 2.24) is 13.8 Å². The summed E-state index contributed by atoms with van der Waals surface area (Å²) >= 11 is 1.60. The Morgan fingerprint density at radius 3 is 2.47 bits per heavy atom. The van der Waals surface area contributed by atoms with Crippen molar-refractivity contribution in [2.75, 3.05) is 37.6 Å². The fourth-order valence-electron chi connectivity index (χ4n) is 7.66. The predicted molar refractivity (Wildman–Crippen MR) is 145 cm³/mol. The minimum atomic E-state index is 0.241. The third kappa shape index (κ3) is 3.58. The Hall–Kier alpha value is -2.51. The molecule has 1 saturated heterocycles. The highest BCUT2D eigenvalue weighted by Crippen LogP contribution is 2.61. The average molecular weight is 505 g/mol. The molecule has 3 fully saturated rings. The van der Waals surface area contributed by atoms with Gasteiger partial charge in [-0.15, -0.1) is 0 Å². The first-order valence-electron chi connectivity index (χ1n) is 13.7. The molecule has 2 N–H and O–H groups in total. The van der Waals surface area contributed by atoms with Gasteiger partial charge in [-0.05, 0) is 67.1 Å². The molecule has 7 heteroatoms. The Morgan fingerprint density at radius 1 is 0.944 bits per heavy atom. The molecule has 1 aromatic carbocycles. The highest BCUT2D eigenvalue weighted by Gasteiger charge is 2.46. The van der Waals surface area contributed by atoms with E-state index in [2.05, 4.69) is 40.6 Å². The standard InChI is InChI=1S/C29H36N4O2S/c1-18-14-21-15-23(18)26-25(21)28(34)33(29(26)35)17-20-7-3-2-6-19(20)16-31-10-12-32(13-11-31)27-22-8-4-5-9-24(22)36-30-27/h4-5,8-9,19-21,23,34-35H,1-3,6-7,10-17H2. The number of allylic oxidation sites excluding steroid dienone is 1. The van der Waals surface area contributed by atoms with Gasteiger partial charge < -0.3 is 15.1 Å². The number of rotatable bonds is 5. The molecule has 2 bridgehead atoms. The molecule has 0 spiro atoms. The lowest BCUT2D eigenvalue weighted by atomic mass is 9.78. The Morgan fingerprint density at radius 2 is 1.67 bits per heavy atom. The van der Waals surface area contributed by atoms with Crippen LogP contribution in [-0.4, -0.2) is 56.8 Å². The summed E-state index contributed by atoms with van der Waals surface area (Å²) in [5, 5.41) is 23.5. The van der Waals surface area contributed by atoms with Crippen LogP contribution < -0.4 is 4.90 Å². The van der Waals surface area contributed by atoms with Gasteiger partial charge in [0.1, 0.15) is 5.82 Å². The maximum atomic E-state index is 11.1. The fraction of sp³-hybridized carbons (Fsp3) is 0.552. The zero-order chi connectivity index (χ0) is 24.4. The Bertz CT molecular complexity index is 1300. The van der Waals surface area contributed by atoms with Gasteiger partial charge in [-0.1, -0.05) is 37.1 Å². The summed E-state index contributed by atoms with van der Waals surface area (Å²) < 4.78 is 7.88. The van der Waals surface area contributed by atoms with Gasteiger partial charge >= 0.3 is 0 Å². The normalized spacial score (nSPS) is 28.3. The summed E-state index contributed by atoms with van der Waals surface area (Å²) in [6.07, 6.45) is 6.93. The van der Waals surface area contributed by atoms with Crippen LogP contribution in [0, 0.1) is 11.8 Å². The van der Waals surface area contributed by atoms with Gasteiger partial charge in [0.2, 0.25) is 0 Å². The quantitative estimate of drug-likeness (QED) is 0.439. The second kappa shape index (κ2) is 8.80. The molecular formula is C29H36N4O2S. The monoisotopic (exact) mass is 504 g/mol. The smallest absolute Gasteiger partial charge is 0.198 e. The van der Waals surface area contributed by atoms with Gasteiger partial charge in [0, 0.05) is 61.7 Å². The molecule has 36 heavy (non-hydrogen) atoms. The van der Waals surface area contributed by atoms with Gasteiger partial charge in [0.05, 0.1) is 4.70 Å². The molecular weight excluding hydrogens is 468 g/mol. The Kier molecular flexibility index (Phi) is 5.54. The van der Waals surface area contributed by atoms with E-state index in [9.17, 15) is 10.2 Å². The molecule has 7 rings (SSSR count). The van der Waals surface area contributed by atoms with E-state index in [1.54, 1.807) is 11.5 Å². The number of benzene rings is 1. The molecule has 0 amide bonds. The van der Waals surface area contributed by atoms with Crippen LogP contribution in [0.3, 0.4) is 0 Å². The number of hydrogen-bond acceptors (Lipinski definition) is 6. The largest absolute Gasteiger partial charge is 0.494 e. The first-order valence-corrected chi connectivity index (χ1v) is 14.5. The van der Waals surface area contributed by atoms with Gasteiger partial charge in [-0.3, -0.25) is 9.47 Å². The van der Waals surface area contributed by atoms with Gasteiger partial charge in [-0.25, -0.2) is 0 Å². The number of aromatic hydroxyl groups is 2. The number of fused-ring (bicyclic) bond motifs is 6. The second-order valence-electron chi connectivity index (χ2n) is 11.5. The third-order valence-corrected chi connectivity index (χ3v) is 10.4. The first kappa shape index (κ1) is 22.7. The summed E-state index contributed by atoms with van der Waals surface area (Å²) in [6, 6.07) is 8.54. The topological polar surface area (TPSA) is 64.8 Å². The highest BCUT2D eigenvalue weighted by molar-refractivity contribution is 7.13. The van der Waals surface area contributed by atoms with Crippen molar-refractivity contribution in [3.63, 3.8) is 0 Å². The lowest BCUT2D eigenvalue weighted by molar-refractivity contribution is 0.130. The van der Waals surface area contributed by atoms with Crippen LogP contribution in [0.25, 0.3) is 10.1 Å². The minimum Gasteiger partial charge on any atom is -0.494 e. The number of hydrogen-bond donors (Lipinski definition) is 2. The maximum Gasteiger partial charge on any atom is 0.198 e. The molecule has 4 aliphatic rings. The van der Waals surface area contributed by atoms with E-state index in [1.165, 1.54) is 41.3 Å². The minimum absolute atomic E-state index is 0.241. The molecule has 3 aromatic rings. The van der Waals surface area contributed by atoms with E-state index in [0.29, 0.717) is 29.5 Å². The Labute approximate surface area is 217 Å². The molecule has 190 valence electrons. The summed E-state index contributed by atoms with van der Waals surface area (Å²) in [5.74, 6) is 3.47. The van der Waals surface area contributed by atoms with E-state index in [-0.39, 0.29) is 5.92 Å². The lowest BCUT2D eigenvalue weighted by Gasteiger charge is -2.40. The van der Waals surface area contributed by atoms with Crippen LogP contribution in [0.1, 0.15) is 61.5 Å². The molecule has 3 heterocycles. The van der Waals surface area contributed by atoms with E-state index in [1.807, 2.05) is 4.57 Å². The zero-order valence-corrected chi connectivity index (χ0v) is 21.7. The molecule has 0 radical (unpaired) electrons. The molecule has 4 atom stereocenters. The first-order chi connectivity index (χ1) is 17.6. The van der Waals surface area contributed by atoms with Gasteiger partial charge in [0.15, 0.2) is 11.8 Å². The molecule has 3 aliphatic carbocycles. The van der Waals surface area contributed by atoms with Crippen LogP contribution in [0.2, 0.25) is 0 Å². The molecule has 2 aromatic heterocycles. The summed E-state index contributed by atoms with van der Waals surface area (Å²) in [5.41, 5.74) is 3.22. The summed E-state index contributed by atoms with van der Waals surface area (Å²) in [6.45, 7) is 10.2. The average Bonchev–Trinajstić information content (AvgIpc) is 3.64. The van der Waals surface area contributed by atoms with Gasteiger partial charge in [0.25, 0.3) is 0 Å². The van der Waals surface area contributed by atoms with Crippen molar-refractivity contribution in [2.45, 2.75) is 56.9 Å². The second-order valence-corrected chi connectivity index (χ2v) is 12.3. The number of aromatic nitrogens is 2. The van der Waals surface area contributed by atoms with Crippen LogP contribution in [-0.2, 0) is 6.54 Å². The maximum absolute atomic E-state index is 11.1. The van der Waals surface area contributed by atoms with Crippen molar-refractivity contribution in [3.05, 3.63) is 47.5 Å². The van der Waals surface area contributed by atoms with E-state index >= 15 is 0 Å². The molecule has 6 nitrogen and oxygen atoms in total. The highest BCUT2D eigenvalue weighted by atomic mass is 32.1. The van der Waals surface area contributed by atoms with Crippen molar-refractivity contribution in [2.24, 2.45) is 11.8 Å². The van der Waals surface area contributed by atoms with Crippen molar-refractivity contribution in [3.8, 4) is 11.8 Å². The van der Waals surface area contributed by atoms with E-state index in [0.717, 1.165) is 69.1 Å². The van der Waals surface area contributed by atoms with Gasteiger partial charge in [-0.2, -0.15) is 4.37 Å². The summed E-state index contributed by atoms with van der Waals surface area (Å²) in [7, 11) is 0. The van der Waals surface area contributed by atoms with Crippen LogP contribution >= 0.6 is 11.5 Å². The van der Waals surface area contributed by atoms with Crippen molar-refractivity contribution in [1.29, 1.82) is 0 Å². The Balaban J connectivity index is 1.03. The van der Waals surface area contributed by atoms with Crippen molar-refractivity contribution >= 4 is 27.4 Å². The molecule has 4 unspecified atom stereocenters. The van der Waals surface area contributed by atoms with E-state index < -0.39 is 0 Å². The SMILES string of the molecule is C=C1CC2CC1c1c2c(O)n(CC2CCCCC2CN2CCN(c3nsc4ccccc34)CC2)c1O. The molecule has 1 aliphatic heterocycles.